The van der Waals surface area contributed by atoms with E-state index in [4.69, 9.17) is 4.74 Å². The number of nitrogens with one attached hydrogen (secondary N) is 3. The van der Waals surface area contributed by atoms with Crippen molar-refractivity contribution >= 4 is 5.91 Å². The molecule has 1 aromatic heterocycles. The zero-order chi connectivity index (χ0) is 20.1. The standard InChI is InChI=1S/C22H28N4O3/c27-20(19-11-15-3-1-2-4-16(15)12-24-19)14-26-22(28)17-5-6-21(25-13-17)29-18-7-9-23-10-8-18/h1-6,13,18-20,23-24,27H,7-12,14H2,(H,26,28)/t19-,20?/m0/s1. The zero-order valence-electron chi connectivity index (χ0n) is 16.4. The van der Waals surface area contributed by atoms with Crippen molar-refractivity contribution in [1.29, 1.82) is 0 Å². The minimum atomic E-state index is -0.664. The molecule has 1 amide bonds. The van der Waals surface area contributed by atoms with E-state index in [1.54, 1.807) is 12.1 Å². The molecule has 2 aliphatic heterocycles. The first kappa shape index (κ1) is 19.8. The molecular formula is C22H28N4O3. The number of aromatic nitrogens is 1. The lowest BCUT2D eigenvalue weighted by Crippen LogP contribution is -2.49. The number of aliphatic hydroxyl groups excluding tert-OH is 1. The number of ether oxygens (including phenoxy) is 1. The van der Waals surface area contributed by atoms with Gasteiger partial charge in [-0.05, 0) is 49.5 Å². The third-order valence-corrected chi connectivity index (χ3v) is 5.62. The molecule has 0 radical (unpaired) electrons. The monoisotopic (exact) mass is 396 g/mol. The Hall–Kier alpha value is -2.48. The van der Waals surface area contributed by atoms with Crippen molar-refractivity contribution in [3.05, 3.63) is 59.3 Å². The highest BCUT2D eigenvalue weighted by Crippen LogP contribution is 2.18. The lowest BCUT2D eigenvalue weighted by molar-refractivity contribution is 0.0869. The number of fused-ring (bicyclic) bond motifs is 1. The summed E-state index contributed by atoms with van der Waals surface area (Å²) in [5.41, 5.74) is 2.96. The van der Waals surface area contributed by atoms with Gasteiger partial charge in [0.1, 0.15) is 6.10 Å². The molecule has 2 aliphatic rings. The molecule has 1 fully saturated rings. The SMILES string of the molecule is O=C(NCC(O)[C@@H]1Cc2ccccc2CN1)c1ccc(OC2CCNCC2)nc1. The van der Waals surface area contributed by atoms with Crippen molar-refractivity contribution in [2.75, 3.05) is 19.6 Å². The second kappa shape index (κ2) is 9.35. The van der Waals surface area contributed by atoms with Gasteiger partial charge in [-0.3, -0.25) is 4.79 Å². The fraction of sp³-hybridized carbons (Fsp3) is 0.455. The van der Waals surface area contributed by atoms with Crippen LogP contribution in [-0.2, 0) is 13.0 Å². The third kappa shape index (κ3) is 5.12. The largest absolute Gasteiger partial charge is 0.474 e. The lowest BCUT2D eigenvalue weighted by atomic mass is 9.93. The normalized spacial score (nSPS) is 20.5. The number of pyridine rings is 1. The van der Waals surface area contributed by atoms with Gasteiger partial charge in [0.25, 0.3) is 5.91 Å². The Morgan fingerprint density at radius 2 is 2.00 bits per heavy atom. The van der Waals surface area contributed by atoms with Crippen molar-refractivity contribution in [3.63, 3.8) is 0 Å². The number of piperidine rings is 1. The summed E-state index contributed by atoms with van der Waals surface area (Å²) in [5, 5.41) is 20.0. The second-order valence-electron chi connectivity index (χ2n) is 7.69. The van der Waals surface area contributed by atoms with Crippen LogP contribution in [0.1, 0.15) is 34.3 Å². The first-order valence-electron chi connectivity index (χ1n) is 10.3. The number of rotatable bonds is 6. The van der Waals surface area contributed by atoms with E-state index in [0.717, 1.165) is 38.9 Å². The summed E-state index contributed by atoms with van der Waals surface area (Å²) >= 11 is 0. The predicted molar refractivity (Wildman–Crippen MR) is 110 cm³/mol. The van der Waals surface area contributed by atoms with Gasteiger partial charge >= 0.3 is 0 Å². The van der Waals surface area contributed by atoms with E-state index in [0.29, 0.717) is 11.4 Å². The van der Waals surface area contributed by atoms with Crippen molar-refractivity contribution in [2.45, 2.75) is 44.1 Å². The molecular weight excluding hydrogens is 368 g/mol. The topological polar surface area (TPSA) is 95.5 Å². The van der Waals surface area contributed by atoms with E-state index in [1.807, 2.05) is 12.1 Å². The van der Waals surface area contributed by atoms with Crippen molar-refractivity contribution in [1.82, 2.24) is 20.9 Å². The summed E-state index contributed by atoms with van der Waals surface area (Å²) < 4.78 is 5.87. The molecule has 154 valence electrons. The van der Waals surface area contributed by atoms with Crippen molar-refractivity contribution in [3.8, 4) is 5.88 Å². The number of carbonyl (C=O) groups excluding carboxylic acids is 1. The molecule has 4 N–H and O–H groups in total. The van der Waals surface area contributed by atoms with Gasteiger partial charge in [0.15, 0.2) is 0 Å². The number of hydrogen-bond donors (Lipinski definition) is 4. The lowest BCUT2D eigenvalue weighted by Gasteiger charge is -2.30. The number of amides is 1. The summed E-state index contributed by atoms with van der Waals surface area (Å²) in [6, 6.07) is 11.6. The van der Waals surface area contributed by atoms with Crippen LogP contribution in [0, 0.1) is 0 Å². The molecule has 3 heterocycles. The van der Waals surface area contributed by atoms with Crippen LogP contribution >= 0.6 is 0 Å². The first-order chi connectivity index (χ1) is 14.2. The maximum atomic E-state index is 12.4. The van der Waals surface area contributed by atoms with Crippen molar-refractivity contribution < 1.29 is 14.6 Å². The maximum Gasteiger partial charge on any atom is 0.252 e. The van der Waals surface area contributed by atoms with Crippen LogP contribution < -0.4 is 20.7 Å². The van der Waals surface area contributed by atoms with Crippen LogP contribution in [0.15, 0.2) is 42.6 Å². The van der Waals surface area contributed by atoms with Crippen LogP contribution in [0.25, 0.3) is 0 Å². The Morgan fingerprint density at radius 1 is 1.21 bits per heavy atom. The van der Waals surface area contributed by atoms with E-state index in [-0.39, 0.29) is 24.6 Å². The smallest absolute Gasteiger partial charge is 0.252 e. The van der Waals surface area contributed by atoms with Crippen molar-refractivity contribution in [2.24, 2.45) is 0 Å². The number of carbonyl (C=O) groups is 1. The number of aliphatic hydroxyl groups is 1. The maximum absolute atomic E-state index is 12.4. The summed E-state index contributed by atoms with van der Waals surface area (Å²) in [5.74, 6) is 0.291. The molecule has 4 rings (SSSR count). The first-order valence-corrected chi connectivity index (χ1v) is 10.3. The molecule has 7 heteroatoms. The fourth-order valence-electron chi connectivity index (χ4n) is 3.86. The van der Waals surface area contributed by atoms with E-state index >= 15 is 0 Å². The minimum Gasteiger partial charge on any atom is -0.474 e. The van der Waals surface area contributed by atoms with E-state index in [1.165, 1.54) is 17.3 Å². The number of nitrogens with zero attached hydrogens (tertiary/aromatic N) is 1. The highest BCUT2D eigenvalue weighted by Gasteiger charge is 2.24. The number of hydrogen-bond acceptors (Lipinski definition) is 6. The highest BCUT2D eigenvalue weighted by molar-refractivity contribution is 5.93. The van der Waals surface area contributed by atoms with Gasteiger partial charge < -0.3 is 25.8 Å². The van der Waals surface area contributed by atoms with Crippen LogP contribution in [-0.4, -0.2) is 53.9 Å². The van der Waals surface area contributed by atoms with Gasteiger partial charge in [0.2, 0.25) is 5.88 Å². The number of benzene rings is 1. The van der Waals surface area contributed by atoms with Gasteiger partial charge in [-0.15, -0.1) is 0 Å². The van der Waals surface area contributed by atoms with E-state index < -0.39 is 6.10 Å². The Bertz CT molecular complexity index is 821. The summed E-state index contributed by atoms with van der Waals surface area (Å²) in [7, 11) is 0. The summed E-state index contributed by atoms with van der Waals surface area (Å²) in [6.45, 7) is 2.82. The quantitative estimate of drug-likeness (QED) is 0.582. The zero-order valence-corrected chi connectivity index (χ0v) is 16.4. The molecule has 1 saturated heterocycles. The Labute approximate surface area is 170 Å². The molecule has 1 unspecified atom stereocenters. The van der Waals surface area contributed by atoms with Gasteiger partial charge in [0.05, 0.1) is 11.7 Å². The summed E-state index contributed by atoms with van der Waals surface area (Å²) in [6.07, 6.45) is 3.70. The Balaban J connectivity index is 1.26. The average Bonchev–Trinajstić information content (AvgIpc) is 2.78. The van der Waals surface area contributed by atoms with Gasteiger partial charge in [-0.2, -0.15) is 0 Å². The molecule has 0 aliphatic carbocycles. The van der Waals surface area contributed by atoms with Gasteiger partial charge in [-0.25, -0.2) is 4.98 Å². The van der Waals surface area contributed by atoms with E-state index in [2.05, 4.69) is 33.1 Å². The van der Waals surface area contributed by atoms with Crippen LogP contribution in [0.3, 0.4) is 0 Å². The average molecular weight is 396 g/mol. The van der Waals surface area contributed by atoms with Gasteiger partial charge in [0, 0.05) is 31.4 Å². The molecule has 0 bridgehead atoms. The minimum absolute atomic E-state index is 0.0796. The third-order valence-electron chi connectivity index (χ3n) is 5.62. The predicted octanol–water partition coefficient (Wildman–Crippen LogP) is 1.02. The molecule has 2 atom stereocenters. The molecule has 2 aromatic rings. The molecule has 1 aromatic carbocycles. The van der Waals surface area contributed by atoms with Crippen LogP contribution in [0.2, 0.25) is 0 Å². The fourth-order valence-corrected chi connectivity index (χ4v) is 3.86. The van der Waals surface area contributed by atoms with Gasteiger partial charge in [-0.1, -0.05) is 24.3 Å². The van der Waals surface area contributed by atoms with E-state index in [9.17, 15) is 9.90 Å². The Morgan fingerprint density at radius 3 is 2.76 bits per heavy atom. The van der Waals surface area contributed by atoms with Crippen LogP contribution in [0.4, 0.5) is 0 Å². The molecule has 0 saturated carbocycles. The molecule has 0 spiro atoms. The van der Waals surface area contributed by atoms with Crippen LogP contribution in [0.5, 0.6) is 5.88 Å². The molecule has 29 heavy (non-hydrogen) atoms. The highest BCUT2D eigenvalue weighted by atomic mass is 16.5. The Kier molecular flexibility index (Phi) is 6.39. The molecule has 7 nitrogen and oxygen atoms in total. The summed E-state index contributed by atoms with van der Waals surface area (Å²) in [4.78, 5) is 16.7. The second-order valence-corrected chi connectivity index (χ2v) is 7.69.